The van der Waals surface area contributed by atoms with Gasteiger partial charge in [-0.05, 0) is 12.5 Å². The van der Waals surface area contributed by atoms with Crippen molar-refractivity contribution in [3.8, 4) is 0 Å². The van der Waals surface area contributed by atoms with E-state index >= 15 is 0 Å². The average molecular weight is 319 g/mol. The first-order chi connectivity index (χ1) is 11.2. The van der Waals surface area contributed by atoms with Crippen LogP contribution in [-0.2, 0) is 20.9 Å². The number of carbonyl (C=O) groups is 2. The lowest BCUT2D eigenvalue weighted by atomic mass is 10.1. The average Bonchev–Trinajstić information content (AvgIpc) is 2.57. The van der Waals surface area contributed by atoms with Crippen molar-refractivity contribution < 1.29 is 14.3 Å². The Morgan fingerprint density at radius 2 is 2.17 bits per heavy atom. The van der Waals surface area contributed by atoms with Crippen LogP contribution in [0.25, 0.3) is 0 Å². The summed E-state index contributed by atoms with van der Waals surface area (Å²) >= 11 is 0. The lowest BCUT2D eigenvalue weighted by Crippen LogP contribution is -2.56. The third-order valence-corrected chi connectivity index (χ3v) is 3.81. The highest BCUT2D eigenvalue weighted by molar-refractivity contribution is 5.88. The number of piperazine rings is 1. The van der Waals surface area contributed by atoms with E-state index in [0.717, 1.165) is 5.56 Å². The summed E-state index contributed by atoms with van der Waals surface area (Å²) in [5.74, 6) is -0.142. The number of amides is 2. The van der Waals surface area contributed by atoms with Crippen LogP contribution in [0.15, 0.2) is 30.3 Å². The molecule has 1 heterocycles. The number of carbonyl (C=O) groups excluding carboxylic acids is 2. The highest BCUT2D eigenvalue weighted by atomic mass is 16.5. The van der Waals surface area contributed by atoms with Crippen LogP contribution >= 0.6 is 0 Å². The molecule has 0 spiro atoms. The minimum absolute atomic E-state index is 0.0224. The van der Waals surface area contributed by atoms with Crippen LogP contribution in [0, 0.1) is 0 Å². The molecule has 6 heteroatoms. The van der Waals surface area contributed by atoms with E-state index in [0.29, 0.717) is 39.4 Å². The van der Waals surface area contributed by atoms with E-state index < -0.39 is 6.04 Å². The van der Waals surface area contributed by atoms with Crippen molar-refractivity contribution in [1.82, 2.24) is 15.5 Å². The fourth-order valence-corrected chi connectivity index (χ4v) is 2.55. The van der Waals surface area contributed by atoms with Gasteiger partial charge >= 0.3 is 0 Å². The number of hydrogen-bond donors (Lipinski definition) is 2. The van der Waals surface area contributed by atoms with Gasteiger partial charge in [-0.2, -0.15) is 0 Å². The molecule has 23 heavy (non-hydrogen) atoms. The second kappa shape index (κ2) is 9.27. The van der Waals surface area contributed by atoms with Crippen molar-refractivity contribution in [1.29, 1.82) is 0 Å². The molecule has 1 aromatic carbocycles. The predicted octanol–water partition coefficient (Wildman–Crippen LogP) is 0.530. The summed E-state index contributed by atoms with van der Waals surface area (Å²) in [5, 5.41) is 5.99. The molecule has 1 unspecified atom stereocenters. The fraction of sp³-hybridized carbons (Fsp3) is 0.529. The summed E-state index contributed by atoms with van der Waals surface area (Å²) in [5.41, 5.74) is 1.04. The van der Waals surface area contributed by atoms with E-state index in [9.17, 15) is 9.59 Å². The number of rotatable bonds is 8. The van der Waals surface area contributed by atoms with Crippen LogP contribution in [0.5, 0.6) is 0 Å². The Morgan fingerprint density at radius 1 is 1.39 bits per heavy atom. The molecule has 0 bridgehead atoms. The standard InChI is InChI=1S/C17H25N3O3/c1-2-23-11-10-20-9-8-18-15(17(20)22)12-16(21)19-13-14-6-4-3-5-7-14/h3-7,15,18H,2,8-13H2,1H3,(H,19,21). The summed E-state index contributed by atoms with van der Waals surface area (Å²) in [6.45, 7) is 5.54. The number of ether oxygens (including phenoxy) is 1. The van der Waals surface area contributed by atoms with Gasteiger partial charge in [-0.3, -0.25) is 9.59 Å². The molecule has 1 fully saturated rings. The van der Waals surface area contributed by atoms with Gasteiger partial charge in [0.2, 0.25) is 11.8 Å². The lowest BCUT2D eigenvalue weighted by molar-refractivity contribution is -0.138. The van der Waals surface area contributed by atoms with Crippen LogP contribution < -0.4 is 10.6 Å². The lowest BCUT2D eigenvalue weighted by Gasteiger charge is -2.32. The molecule has 1 aliphatic rings. The fourth-order valence-electron chi connectivity index (χ4n) is 2.55. The Hall–Kier alpha value is -1.92. The predicted molar refractivity (Wildman–Crippen MR) is 87.8 cm³/mol. The third-order valence-electron chi connectivity index (χ3n) is 3.81. The number of nitrogens with one attached hydrogen (secondary N) is 2. The van der Waals surface area contributed by atoms with Gasteiger partial charge in [-0.1, -0.05) is 30.3 Å². The van der Waals surface area contributed by atoms with E-state index in [4.69, 9.17) is 4.74 Å². The second-order valence-corrected chi connectivity index (χ2v) is 5.50. The SMILES string of the molecule is CCOCCN1CCNC(CC(=O)NCc2ccccc2)C1=O. The van der Waals surface area contributed by atoms with E-state index in [1.54, 1.807) is 4.90 Å². The number of hydrogen-bond acceptors (Lipinski definition) is 4. The summed E-state index contributed by atoms with van der Waals surface area (Å²) in [7, 11) is 0. The van der Waals surface area contributed by atoms with Crippen LogP contribution in [-0.4, -0.2) is 55.6 Å². The van der Waals surface area contributed by atoms with Gasteiger partial charge in [0, 0.05) is 32.8 Å². The Balaban J connectivity index is 1.76. The maximum absolute atomic E-state index is 12.4. The molecule has 0 aliphatic carbocycles. The van der Waals surface area contributed by atoms with Crippen molar-refractivity contribution in [2.45, 2.75) is 25.9 Å². The largest absolute Gasteiger partial charge is 0.380 e. The quantitative estimate of drug-likeness (QED) is 0.686. The minimum atomic E-state index is -0.443. The van der Waals surface area contributed by atoms with Gasteiger partial charge < -0.3 is 20.3 Å². The number of nitrogens with zero attached hydrogens (tertiary/aromatic N) is 1. The van der Waals surface area contributed by atoms with Gasteiger partial charge in [0.05, 0.1) is 19.1 Å². The molecule has 126 valence electrons. The highest BCUT2D eigenvalue weighted by Gasteiger charge is 2.29. The zero-order chi connectivity index (χ0) is 16.5. The molecule has 1 atom stereocenters. The first-order valence-electron chi connectivity index (χ1n) is 8.11. The zero-order valence-electron chi connectivity index (χ0n) is 13.6. The van der Waals surface area contributed by atoms with Gasteiger partial charge in [0.25, 0.3) is 0 Å². The molecule has 0 saturated carbocycles. The highest BCUT2D eigenvalue weighted by Crippen LogP contribution is 2.06. The topological polar surface area (TPSA) is 70.7 Å². The van der Waals surface area contributed by atoms with E-state index in [-0.39, 0.29) is 18.2 Å². The van der Waals surface area contributed by atoms with Crippen LogP contribution in [0.3, 0.4) is 0 Å². The first kappa shape index (κ1) is 17.4. The molecule has 1 saturated heterocycles. The molecular formula is C17H25N3O3. The number of benzene rings is 1. The maximum Gasteiger partial charge on any atom is 0.240 e. The molecule has 1 aliphatic heterocycles. The molecule has 2 rings (SSSR count). The van der Waals surface area contributed by atoms with Crippen molar-refractivity contribution in [3.05, 3.63) is 35.9 Å². The second-order valence-electron chi connectivity index (χ2n) is 5.50. The van der Waals surface area contributed by atoms with E-state index in [1.807, 2.05) is 37.3 Å². The van der Waals surface area contributed by atoms with Crippen molar-refractivity contribution in [2.75, 3.05) is 32.8 Å². The Morgan fingerprint density at radius 3 is 2.91 bits per heavy atom. The first-order valence-corrected chi connectivity index (χ1v) is 8.11. The molecule has 2 N–H and O–H groups in total. The molecular weight excluding hydrogens is 294 g/mol. The summed E-state index contributed by atoms with van der Waals surface area (Å²) < 4.78 is 5.29. The van der Waals surface area contributed by atoms with Crippen molar-refractivity contribution >= 4 is 11.8 Å². The van der Waals surface area contributed by atoms with E-state index in [2.05, 4.69) is 10.6 Å². The molecule has 0 aromatic heterocycles. The molecule has 6 nitrogen and oxygen atoms in total. The third kappa shape index (κ3) is 5.65. The Kier molecular flexibility index (Phi) is 7.03. The van der Waals surface area contributed by atoms with E-state index in [1.165, 1.54) is 0 Å². The molecule has 1 aromatic rings. The van der Waals surface area contributed by atoms with Gasteiger partial charge in [-0.25, -0.2) is 0 Å². The Labute approximate surface area is 137 Å². The molecule has 2 amide bonds. The summed E-state index contributed by atoms with van der Waals surface area (Å²) in [4.78, 5) is 26.2. The van der Waals surface area contributed by atoms with Crippen LogP contribution in [0.4, 0.5) is 0 Å². The molecule has 0 radical (unpaired) electrons. The van der Waals surface area contributed by atoms with Crippen LogP contribution in [0.2, 0.25) is 0 Å². The van der Waals surface area contributed by atoms with Gasteiger partial charge in [0.15, 0.2) is 0 Å². The van der Waals surface area contributed by atoms with Gasteiger partial charge in [0.1, 0.15) is 0 Å². The normalized spacial score (nSPS) is 18.0. The Bertz CT molecular complexity index is 507. The van der Waals surface area contributed by atoms with Crippen molar-refractivity contribution in [2.24, 2.45) is 0 Å². The summed E-state index contributed by atoms with van der Waals surface area (Å²) in [6, 6.07) is 9.28. The minimum Gasteiger partial charge on any atom is -0.380 e. The zero-order valence-corrected chi connectivity index (χ0v) is 13.6. The summed E-state index contributed by atoms with van der Waals surface area (Å²) in [6.07, 6.45) is 0.163. The monoisotopic (exact) mass is 319 g/mol. The van der Waals surface area contributed by atoms with Crippen molar-refractivity contribution in [3.63, 3.8) is 0 Å². The smallest absolute Gasteiger partial charge is 0.240 e. The maximum atomic E-state index is 12.4. The van der Waals surface area contributed by atoms with Crippen LogP contribution in [0.1, 0.15) is 18.9 Å². The van der Waals surface area contributed by atoms with Gasteiger partial charge in [-0.15, -0.1) is 0 Å².